The predicted molar refractivity (Wildman–Crippen MR) is 128 cm³/mol. The third kappa shape index (κ3) is 3.74. The number of anilines is 1. The van der Waals surface area contributed by atoms with Gasteiger partial charge in [0.1, 0.15) is 11.8 Å². The second-order valence-corrected chi connectivity index (χ2v) is 11.5. The van der Waals surface area contributed by atoms with Crippen LogP contribution in [0.15, 0.2) is 29.6 Å². The maximum absolute atomic E-state index is 13.8. The summed E-state index contributed by atoms with van der Waals surface area (Å²) < 4.78 is 5.22. The van der Waals surface area contributed by atoms with Crippen LogP contribution >= 0.6 is 11.3 Å². The second-order valence-electron chi connectivity index (χ2n) is 10.6. The fourth-order valence-electron chi connectivity index (χ4n) is 7.37. The van der Waals surface area contributed by atoms with Crippen LogP contribution < -0.4 is 10.1 Å². The average molecular weight is 466 g/mol. The summed E-state index contributed by atoms with van der Waals surface area (Å²) in [6.07, 6.45) is 8.71. The number of amides is 2. The van der Waals surface area contributed by atoms with Crippen LogP contribution in [0.5, 0.6) is 5.75 Å². The first-order valence-corrected chi connectivity index (χ1v) is 13.1. The van der Waals surface area contributed by atoms with Gasteiger partial charge >= 0.3 is 0 Å². The Hall–Kier alpha value is -2.41. The van der Waals surface area contributed by atoms with Gasteiger partial charge in [0.15, 0.2) is 5.13 Å². The van der Waals surface area contributed by atoms with E-state index in [0.717, 1.165) is 66.9 Å². The van der Waals surface area contributed by atoms with Crippen LogP contribution in [0.2, 0.25) is 0 Å². The molecule has 1 aromatic carbocycles. The lowest BCUT2D eigenvalue weighted by Crippen LogP contribution is -2.56. The summed E-state index contributed by atoms with van der Waals surface area (Å²) in [5.74, 6) is 3.14. The summed E-state index contributed by atoms with van der Waals surface area (Å²) in [5.41, 5.74) is 1.61. The molecule has 0 radical (unpaired) electrons. The van der Waals surface area contributed by atoms with Gasteiger partial charge in [-0.05, 0) is 93.4 Å². The first-order chi connectivity index (χ1) is 16.0. The molecule has 7 heteroatoms. The molecule has 1 aliphatic heterocycles. The fourth-order valence-corrected chi connectivity index (χ4v) is 8.10. The molecular weight excluding hydrogens is 434 g/mol. The molecule has 4 saturated carbocycles. The number of hydrogen-bond acceptors (Lipinski definition) is 5. The zero-order chi connectivity index (χ0) is 22.6. The Morgan fingerprint density at radius 2 is 1.76 bits per heavy atom. The molecule has 1 unspecified atom stereocenters. The van der Waals surface area contributed by atoms with Gasteiger partial charge in [-0.25, -0.2) is 4.98 Å². The normalized spacial score (nSPS) is 32.2. The lowest BCUT2D eigenvalue weighted by Gasteiger charge is -2.56. The number of nitrogens with zero attached hydrogens (tertiary/aromatic N) is 2. The Balaban J connectivity index is 1.15. The van der Waals surface area contributed by atoms with Crippen LogP contribution in [0.1, 0.15) is 51.4 Å². The van der Waals surface area contributed by atoms with E-state index >= 15 is 0 Å². The minimum atomic E-state index is -0.376. The number of ether oxygens (including phenoxy) is 1. The average Bonchev–Trinajstić information content (AvgIpc) is 3.48. The number of thiazole rings is 1. The van der Waals surface area contributed by atoms with Gasteiger partial charge in [0.2, 0.25) is 11.8 Å². The summed E-state index contributed by atoms with van der Waals surface area (Å²) in [6, 6.07) is 7.35. The molecule has 4 bridgehead atoms. The van der Waals surface area contributed by atoms with Crippen molar-refractivity contribution in [1.82, 2.24) is 9.88 Å². The molecule has 2 aromatic rings. The van der Waals surface area contributed by atoms with Gasteiger partial charge in [-0.1, -0.05) is 0 Å². The van der Waals surface area contributed by atoms with E-state index in [1.807, 2.05) is 34.5 Å². The van der Waals surface area contributed by atoms with E-state index in [-0.39, 0.29) is 23.3 Å². The van der Waals surface area contributed by atoms with E-state index < -0.39 is 0 Å². The predicted octanol–water partition coefficient (Wildman–Crippen LogP) is 4.96. The van der Waals surface area contributed by atoms with Crippen LogP contribution in [0, 0.1) is 23.2 Å². The van der Waals surface area contributed by atoms with Crippen LogP contribution in [-0.4, -0.2) is 41.4 Å². The second kappa shape index (κ2) is 8.12. The van der Waals surface area contributed by atoms with Gasteiger partial charge in [0.05, 0.1) is 18.2 Å². The quantitative estimate of drug-likeness (QED) is 0.677. The van der Waals surface area contributed by atoms with Gasteiger partial charge in [-0.15, -0.1) is 11.3 Å². The molecule has 174 valence electrons. The molecule has 4 aliphatic carbocycles. The largest absolute Gasteiger partial charge is 0.497 e. The minimum absolute atomic E-state index is 0.0961. The number of aromatic nitrogens is 1. The summed E-state index contributed by atoms with van der Waals surface area (Å²) in [7, 11) is 1.64. The van der Waals surface area contributed by atoms with Crippen LogP contribution in [0.3, 0.4) is 0 Å². The van der Waals surface area contributed by atoms with E-state index in [2.05, 4.69) is 10.3 Å². The molecule has 2 heterocycles. The first kappa shape index (κ1) is 21.1. The summed E-state index contributed by atoms with van der Waals surface area (Å²) in [5, 5.41) is 5.54. The molecule has 7 rings (SSSR count). The maximum Gasteiger partial charge on any atom is 0.248 e. The molecule has 5 fully saturated rings. The number of carbonyl (C=O) groups is 2. The van der Waals surface area contributed by atoms with E-state index in [0.29, 0.717) is 11.7 Å². The smallest absolute Gasteiger partial charge is 0.248 e. The number of carbonyl (C=O) groups excluding carboxylic acids is 2. The molecule has 5 aliphatic rings. The summed E-state index contributed by atoms with van der Waals surface area (Å²) in [6.45, 7) is 0.702. The summed E-state index contributed by atoms with van der Waals surface area (Å²) >= 11 is 1.42. The Morgan fingerprint density at radius 1 is 1.09 bits per heavy atom. The third-order valence-corrected chi connectivity index (χ3v) is 9.19. The lowest BCUT2D eigenvalue weighted by atomic mass is 9.49. The highest BCUT2D eigenvalue weighted by atomic mass is 32.1. The topological polar surface area (TPSA) is 71.5 Å². The third-order valence-electron chi connectivity index (χ3n) is 8.43. The lowest BCUT2D eigenvalue weighted by molar-refractivity contribution is -0.160. The molecule has 0 spiro atoms. The van der Waals surface area contributed by atoms with Crippen LogP contribution in [0.25, 0.3) is 11.3 Å². The molecule has 2 amide bonds. The van der Waals surface area contributed by atoms with Gasteiger partial charge < -0.3 is 15.0 Å². The van der Waals surface area contributed by atoms with E-state index in [9.17, 15) is 9.59 Å². The van der Waals surface area contributed by atoms with E-state index in [4.69, 9.17) is 4.74 Å². The summed E-state index contributed by atoms with van der Waals surface area (Å²) in [4.78, 5) is 33.6. The van der Waals surface area contributed by atoms with E-state index in [1.165, 1.54) is 30.6 Å². The highest BCUT2D eigenvalue weighted by molar-refractivity contribution is 7.14. The van der Waals surface area contributed by atoms with Crippen molar-refractivity contribution in [3.05, 3.63) is 29.6 Å². The highest BCUT2D eigenvalue weighted by Gasteiger charge is 2.56. The number of benzene rings is 1. The molecule has 1 N–H and O–H groups in total. The van der Waals surface area contributed by atoms with Crippen molar-refractivity contribution in [1.29, 1.82) is 0 Å². The molecule has 6 nitrogen and oxygen atoms in total. The molecule has 33 heavy (non-hydrogen) atoms. The van der Waals surface area contributed by atoms with Crippen molar-refractivity contribution < 1.29 is 14.3 Å². The monoisotopic (exact) mass is 465 g/mol. The number of hydrogen-bond donors (Lipinski definition) is 1. The number of methoxy groups -OCH3 is 1. The SMILES string of the molecule is COc1ccc(-c2csc(NC(=O)C3CCCN3C(=O)C34CC5CC(CC(C5)C3)C4)n2)cc1. The highest BCUT2D eigenvalue weighted by Crippen LogP contribution is 2.60. The number of likely N-dealkylation sites (tertiary alicyclic amines) is 1. The van der Waals surface area contributed by atoms with Crippen molar-refractivity contribution >= 4 is 28.3 Å². The zero-order valence-corrected chi connectivity index (χ0v) is 19.9. The Morgan fingerprint density at radius 3 is 2.39 bits per heavy atom. The van der Waals surface area contributed by atoms with Crippen molar-refractivity contribution in [2.24, 2.45) is 23.2 Å². The van der Waals surface area contributed by atoms with Crippen LogP contribution in [-0.2, 0) is 9.59 Å². The molecule has 1 saturated heterocycles. The van der Waals surface area contributed by atoms with Crippen molar-refractivity contribution in [3.8, 4) is 17.0 Å². The Labute approximate surface area is 198 Å². The van der Waals surface area contributed by atoms with Gasteiger partial charge in [-0.3, -0.25) is 9.59 Å². The van der Waals surface area contributed by atoms with Crippen molar-refractivity contribution in [2.75, 3.05) is 19.0 Å². The molecule has 1 atom stereocenters. The number of nitrogens with one attached hydrogen (secondary N) is 1. The standard InChI is InChI=1S/C26H31N3O3S/c1-32-20-6-4-19(5-7-20)21-15-33-25(27-21)28-23(30)22-3-2-8-29(22)24(31)26-12-16-9-17(13-26)11-18(10-16)14-26/h4-7,15-18,22H,2-3,8-14H2,1H3,(H,27,28,30). The Kier molecular flexibility index (Phi) is 5.20. The van der Waals surface area contributed by atoms with Crippen LogP contribution in [0.4, 0.5) is 5.13 Å². The van der Waals surface area contributed by atoms with Gasteiger partial charge in [-0.2, -0.15) is 0 Å². The van der Waals surface area contributed by atoms with Gasteiger partial charge in [0.25, 0.3) is 0 Å². The molecular formula is C26H31N3O3S. The fraction of sp³-hybridized carbons (Fsp3) is 0.577. The first-order valence-electron chi connectivity index (χ1n) is 12.2. The zero-order valence-electron chi connectivity index (χ0n) is 19.1. The van der Waals surface area contributed by atoms with E-state index in [1.54, 1.807) is 7.11 Å². The molecule has 1 aromatic heterocycles. The van der Waals surface area contributed by atoms with Crippen molar-refractivity contribution in [2.45, 2.75) is 57.4 Å². The maximum atomic E-state index is 13.8. The van der Waals surface area contributed by atoms with Crippen molar-refractivity contribution in [3.63, 3.8) is 0 Å². The number of rotatable bonds is 5. The Bertz CT molecular complexity index is 1030. The minimum Gasteiger partial charge on any atom is -0.497 e. The van der Waals surface area contributed by atoms with Gasteiger partial charge in [0, 0.05) is 17.5 Å².